The first kappa shape index (κ1) is 10.5. The molecule has 0 spiro atoms. The van der Waals surface area contributed by atoms with Crippen LogP contribution >= 0.6 is 0 Å². The lowest BCUT2D eigenvalue weighted by Crippen LogP contribution is -1.94. The van der Waals surface area contributed by atoms with Crippen molar-refractivity contribution in [2.75, 3.05) is 0 Å². The maximum Gasteiger partial charge on any atom is 0.328 e. The first-order chi connectivity index (χ1) is 6.59. The summed E-state index contributed by atoms with van der Waals surface area (Å²) < 4.78 is 0. The van der Waals surface area contributed by atoms with Gasteiger partial charge in [0.1, 0.15) is 0 Å². The van der Waals surface area contributed by atoms with Crippen molar-refractivity contribution in [2.45, 2.75) is 20.3 Å². The molecule has 0 aromatic heterocycles. The van der Waals surface area contributed by atoms with Crippen LogP contribution < -0.4 is 0 Å². The van der Waals surface area contributed by atoms with Gasteiger partial charge in [-0.3, -0.25) is 0 Å². The minimum absolute atomic E-state index is 0.707. The van der Waals surface area contributed by atoms with Gasteiger partial charge in [-0.25, -0.2) is 4.79 Å². The van der Waals surface area contributed by atoms with E-state index < -0.39 is 5.97 Å². The van der Waals surface area contributed by atoms with E-state index in [4.69, 9.17) is 5.11 Å². The fourth-order valence-corrected chi connectivity index (χ4v) is 1.37. The third-order valence-corrected chi connectivity index (χ3v) is 2.10. The molecule has 1 aromatic rings. The van der Waals surface area contributed by atoms with Gasteiger partial charge in [-0.15, -0.1) is 0 Å². The lowest BCUT2D eigenvalue weighted by molar-refractivity contribution is -0.131. The first-order valence-corrected chi connectivity index (χ1v) is 4.54. The molecular formula is C12H14O2. The summed E-state index contributed by atoms with van der Waals surface area (Å²) in [5.41, 5.74) is 3.25. The lowest BCUT2D eigenvalue weighted by Gasteiger charge is -2.04. The Balaban J connectivity index is 2.79. The second kappa shape index (κ2) is 4.61. The summed E-state index contributed by atoms with van der Waals surface area (Å²) in [4.78, 5) is 10.4. The second-order valence-corrected chi connectivity index (χ2v) is 3.43. The highest BCUT2D eigenvalue weighted by molar-refractivity contribution is 5.80. The van der Waals surface area contributed by atoms with Crippen LogP contribution in [0.1, 0.15) is 18.1 Å². The van der Waals surface area contributed by atoms with Crippen molar-refractivity contribution in [2.24, 2.45) is 0 Å². The highest BCUT2D eigenvalue weighted by atomic mass is 16.4. The van der Waals surface area contributed by atoms with E-state index in [-0.39, 0.29) is 0 Å². The molecule has 0 aliphatic carbocycles. The van der Waals surface area contributed by atoms with Crippen molar-refractivity contribution in [3.05, 3.63) is 47.0 Å². The number of aliphatic carboxylic acids is 1. The number of benzene rings is 1. The van der Waals surface area contributed by atoms with Crippen molar-refractivity contribution in [1.82, 2.24) is 0 Å². The van der Waals surface area contributed by atoms with Gasteiger partial charge in [0, 0.05) is 6.08 Å². The molecule has 2 heteroatoms. The molecule has 0 unspecified atom stereocenters. The van der Waals surface area contributed by atoms with Crippen molar-refractivity contribution < 1.29 is 9.90 Å². The van der Waals surface area contributed by atoms with Gasteiger partial charge >= 0.3 is 5.97 Å². The largest absolute Gasteiger partial charge is 0.478 e. The Kier molecular flexibility index (Phi) is 3.46. The molecule has 0 aliphatic heterocycles. The number of hydrogen-bond acceptors (Lipinski definition) is 1. The van der Waals surface area contributed by atoms with Crippen molar-refractivity contribution in [3.8, 4) is 0 Å². The maximum atomic E-state index is 10.4. The molecule has 2 nitrogen and oxygen atoms in total. The number of carboxylic acids is 1. The average Bonchev–Trinajstić information content (AvgIpc) is 2.07. The van der Waals surface area contributed by atoms with Gasteiger partial charge in [0.2, 0.25) is 0 Å². The Labute approximate surface area is 83.9 Å². The van der Waals surface area contributed by atoms with E-state index in [1.54, 1.807) is 0 Å². The molecule has 0 fully saturated rings. The molecular weight excluding hydrogens is 176 g/mol. The molecule has 1 rings (SSSR count). The van der Waals surface area contributed by atoms with E-state index in [0.29, 0.717) is 6.42 Å². The lowest BCUT2D eigenvalue weighted by atomic mass is 10.0. The minimum Gasteiger partial charge on any atom is -0.478 e. The normalized spacial score (nSPS) is 11.4. The molecule has 1 aromatic carbocycles. The molecule has 0 saturated heterocycles. The molecule has 0 bridgehead atoms. The number of hydrogen-bond donors (Lipinski definition) is 1. The summed E-state index contributed by atoms with van der Waals surface area (Å²) in [6, 6.07) is 8.00. The van der Waals surface area contributed by atoms with Crippen LogP contribution in [0.3, 0.4) is 0 Å². The van der Waals surface area contributed by atoms with E-state index in [9.17, 15) is 4.79 Å². The second-order valence-electron chi connectivity index (χ2n) is 3.43. The molecule has 1 N–H and O–H groups in total. The van der Waals surface area contributed by atoms with Gasteiger partial charge in [0.15, 0.2) is 0 Å². The SMILES string of the molecule is CC(=CC(=O)O)Cc1ccccc1C. The Morgan fingerprint density at radius 2 is 2.07 bits per heavy atom. The van der Waals surface area contributed by atoms with Crippen LogP contribution in [-0.2, 0) is 11.2 Å². The zero-order valence-electron chi connectivity index (χ0n) is 8.45. The van der Waals surface area contributed by atoms with Crippen LogP contribution in [0, 0.1) is 6.92 Å². The quantitative estimate of drug-likeness (QED) is 0.744. The summed E-state index contributed by atoms with van der Waals surface area (Å²) in [7, 11) is 0. The van der Waals surface area contributed by atoms with Crippen LogP contribution in [-0.4, -0.2) is 11.1 Å². The van der Waals surface area contributed by atoms with Crippen molar-refractivity contribution in [3.63, 3.8) is 0 Å². The predicted molar refractivity (Wildman–Crippen MR) is 56.3 cm³/mol. The summed E-state index contributed by atoms with van der Waals surface area (Å²) >= 11 is 0. The standard InChI is InChI=1S/C12H14O2/c1-9(8-12(13)14)7-11-6-4-3-5-10(11)2/h3-6,8H,7H2,1-2H3,(H,13,14). The van der Waals surface area contributed by atoms with Gasteiger partial charge in [-0.2, -0.15) is 0 Å². The first-order valence-electron chi connectivity index (χ1n) is 4.54. The van der Waals surface area contributed by atoms with Gasteiger partial charge in [0.25, 0.3) is 0 Å². The Morgan fingerprint density at radius 3 is 2.64 bits per heavy atom. The Morgan fingerprint density at radius 1 is 1.43 bits per heavy atom. The topological polar surface area (TPSA) is 37.3 Å². The number of carboxylic acid groups (broad SMARTS) is 1. The van der Waals surface area contributed by atoms with Crippen LogP contribution in [0.25, 0.3) is 0 Å². The molecule has 74 valence electrons. The Bertz CT molecular complexity index is 364. The van der Waals surface area contributed by atoms with E-state index in [0.717, 1.165) is 5.57 Å². The van der Waals surface area contributed by atoms with Crippen molar-refractivity contribution in [1.29, 1.82) is 0 Å². The third kappa shape index (κ3) is 3.05. The van der Waals surface area contributed by atoms with Crippen LogP contribution in [0.5, 0.6) is 0 Å². The Hall–Kier alpha value is -1.57. The fourth-order valence-electron chi connectivity index (χ4n) is 1.37. The molecule has 0 heterocycles. The zero-order valence-corrected chi connectivity index (χ0v) is 8.45. The third-order valence-electron chi connectivity index (χ3n) is 2.10. The minimum atomic E-state index is -0.879. The summed E-state index contributed by atoms with van der Waals surface area (Å²) in [6.07, 6.45) is 1.96. The number of aryl methyl sites for hydroxylation is 1. The van der Waals surface area contributed by atoms with Gasteiger partial charge < -0.3 is 5.11 Å². The van der Waals surface area contributed by atoms with Crippen LogP contribution in [0.15, 0.2) is 35.9 Å². The predicted octanol–water partition coefficient (Wildman–Crippen LogP) is 2.57. The highest BCUT2D eigenvalue weighted by Gasteiger charge is 1.99. The summed E-state index contributed by atoms with van der Waals surface area (Å²) in [6.45, 7) is 3.87. The summed E-state index contributed by atoms with van der Waals surface area (Å²) in [5, 5.41) is 8.55. The molecule has 0 radical (unpaired) electrons. The number of rotatable bonds is 3. The molecule has 0 amide bonds. The smallest absolute Gasteiger partial charge is 0.328 e. The van der Waals surface area contributed by atoms with E-state index in [1.807, 2.05) is 38.1 Å². The fraction of sp³-hybridized carbons (Fsp3) is 0.250. The molecule has 0 aliphatic rings. The zero-order chi connectivity index (χ0) is 10.6. The van der Waals surface area contributed by atoms with Crippen LogP contribution in [0.2, 0.25) is 0 Å². The molecule has 0 saturated carbocycles. The highest BCUT2D eigenvalue weighted by Crippen LogP contribution is 2.12. The molecule has 14 heavy (non-hydrogen) atoms. The number of carbonyl (C=O) groups is 1. The summed E-state index contributed by atoms with van der Waals surface area (Å²) in [5.74, 6) is -0.879. The van der Waals surface area contributed by atoms with Crippen molar-refractivity contribution >= 4 is 5.97 Å². The van der Waals surface area contributed by atoms with Crippen LogP contribution in [0.4, 0.5) is 0 Å². The van der Waals surface area contributed by atoms with Gasteiger partial charge in [0.05, 0.1) is 0 Å². The van der Waals surface area contributed by atoms with E-state index in [1.165, 1.54) is 17.2 Å². The van der Waals surface area contributed by atoms with Gasteiger partial charge in [-0.1, -0.05) is 29.8 Å². The van der Waals surface area contributed by atoms with E-state index in [2.05, 4.69) is 0 Å². The van der Waals surface area contributed by atoms with E-state index >= 15 is 0 Å². The molecule has 0 atom stereocenters. The maximum absolute atomic E-state index is 10.4. The average molecular weight is 190 g/mol. The van der Waals surface area contributed by atoms with Gasteiger partial charge in [-0.05, 0) is 31.4 Å². The number of allylic oxidation sites excluding steroid dienone is 1. The monoisotopic (exact) mass is 190 g/mol.